The molecule has 1 aromatic heterocycles. The van der Waals surface area contributed by atoms with Crippen molar-refractivity contribution in [3.05, 3.63) is 56.8 Å². The number of aromatic nitrogens is 1. The van der Waals surface area contributed by atoms with E-state index in [1.165, 1.54) is 11.3 Å². The number of amides is 1. The number of hydrogen-bond acceptors (Lipinski definition) is 4. The summed E-state index contributed by atoms with van der Waals surface area (Å²) in [5.74, 6) is 0.315. The van der Waals surface area contributed by atoms with Crippen molar-refractivity contribution in [1.29, 1.82) is 0 Å². The van der Waals surface area contributed by atoms with Gasteiger partial charge in [-0.15, -0.1) is 0 Å². The minimum Gasteiger partial charge on any atom is -0.495 e. The molecule has 3 rings (SSSR count). The average molecular weight is 425 g/mol. The zero-order valence-electron chi connectivity index (χ0n) is 14.9. The van der Waals surface area contributed by atoms with Crippen molar-refractivity contribution >= 4 is 50.7 Å². The Balaban J connectivity index is 2.12. The molecule has 1 heterocycles. The number of benzene rings is 2. The number of fused-ring (bicyclic) bond motifs is 1. The van der Waals surface area contributed by atoms with Crippen molar-refractivity contribution < 1.29 is 14.3 Å². The van der Waals surface area contributed by atoms with Crippen molar-refractivity contribution in [3.63, 3.8) is 0 Å². The number of thiazole rings is 1. The van der Waals surface area contributed by atoms with Crippen LogP contribution in [0.4, 0.5) is 0 Å². The molecule has 0 radical (unpaired) electrons. The Bertz CT molecular complexity index is 1020. The second-order valence-electron chi connectivity index (χ2n) is 5.62. The first-order valence-electron chi connectivity index (χ1n) is 8.32. The van der Waals surface area contributed by atoms with E-state index in [9.17, 15) is 4.79 Å². The average Bonchev–Trinajstić information content (AvgIpc) is 2.98. The van der Waals surface area contributed by atoms with Gasteiger partial charge in [0.05, 0.1) is 18.4 Å². The van der Waals surface area contributed by atoms with E-state index in [2.05, 4.69) is 4.99 Å². The molecular formula is C19H18Cl2N2O3S. The highest BCUT2D eigenvalue weighted by atomic mass is 35.5. The Kier molecular flexibility index (Phi) is 6.55. The molecule has 142 valence electrons. The predicted octanol–water partition coefficient (Wildman–Crippen LogP) is 4.80. The van der Waals surface area contributed by atoms with Crippen LogP contribution >= 0.6 is 34.5 Å². The molecule has 0 bridgehead atoms. The number of nitrogens with zero attached hydrogens (tertiary/aromatic N) is 2. The highest BCUT2D eigenvalue weighted by Crippen LogP contribution is 2.27. The second kappa shape index (κ2) is 8.89. The van der Waals surface area contributed by atoms with Crippen LogP contribution in [0.2, 0.25) is 10.0 Å². The fourth-order valence-corrected chi connectivity index (χ4v) is 4.28. The van der Waals surface area contributed by atoms with E-state index in [0.717, 1.165) is 16.0 Å². The molecule has 0 spiro atoms. The smallest absolute Gasteiger partial charge is 0.279 e. The highest BCUT2D eigenvalue weighted by molar-refractivity contribution is 7.16. The number of carbonyl (C=O) groups is 1. The number of para-hydroxylation sites is 1. The Morgan fingerprint density at radius 1 is 1.22 bits per heavy atom. The van der Waals surface area contributed by atoms with Gasteiger partial charge in [0.1, 0.15) is 11.3 Å². The number of rotatable bonds is 6. The zero-order chi connectivity index (χ0) is 19.4. The molecule has 0 fully saturated rings. The number of halogens is 2. The Labute approximate surface area is 170 Å². The van der Waals surface area contributed by atoms with Crippen molar-refractivity contribution in [2.45, 2.75) is 13.5 Å². The molecule has 2 aromatic carbocycles. The van der Waals surface area contributed by atoms with E-state index in [1.807, 2.05) is 29.7 Å². The first kappa shape index (κ1) is 19.9. The SMILES string of the molecule is CCOCCn1c(=NC(=O)c2cc(Cl)cc(Cl)c2)sc2cccc(OC)c21. The molecule has 0 saturated heterocycles. The molecule has 0 saturated carbocycles. The summed E-state index contributed by atoms with van der Waals surface area (Å²) in [5, 5.41) is 0.784. The lowest BCUT2D eigenvalue weighted by atomic mass is 10.2. The first-order valence-corrected chi connectivity index (χ1v) is 9.90. The lowest BCUT2D eigenvalue weighted by Crippen LogP contribution is -2.20. The molecule has 0 unspecified atom stereocenters. The van der Waals surface area contributed by atoms with E-state index < -0.39 is 5.91 Å². The lowest BCUT2D eigenvalue weighted by Gasteiger charge is -2.08. The summed E-state index contributed by atoms with van der Waals surface area (Å²) in [6.07, 6.45) is 0. The minimum absolute atomic E-state index is 0.341. The lowest BCUT2D eigenvalue weighted by molar-refractivity contribution is 0.0996. The van der Waals surface area contributed by atoms with Crippen LogP contribution in [0, 0.1) is 0 Å². The third-order valence-corrected chi connectivity index (χ3v) is 5.33. The summed E-state index contributed by atoms with van der Waals surface area (Å²) in [4.78, 5) is 17.6. The van der Waals surface area contributed by atoms with E-state index in [0.29, 0.717) is 40.2 Å². The van der Waals surface area contributed by atoms with E-state index in [4.69, 9.17) is 32.7 Å². The standard InChI is InChI=1S/C19H18Cl2N2O3S/c1-3-26-8-7-23-17-15(25-2)5-4-6-16(17)27-19(23)22-18(24)12-9-13(20)11-14(21)10-12/h4-6,9-11H,3,7-8H2,1-2H3. The van der Waals surface area contributed by atoms with Crippen molar-refractivity contribution in [2.75, 3.05) is 20.3 Å². The maximum absolute atomic E-state index is 12.7. The third kappa shape index (κ3) is 4.52. The number of methoxy groups -OCH3 is 1. The van der Waals surface area contributed by atoms with Gasteiger partial charge in [-0.3, -0.25) is 4.79 Å². The minimum atomic E-state index is -0.407. The molecular weight excluding hydrogens is 407 g/mol. The van der Waals surface area contributed by atoms with E-state index in [-0.39, 0.29) is 0 Å². The van der Waals surface area contributed by atoms with Crippen LogP contribution in [0.5, 0.6) is 5.75 Å². The van der Waals surface area contributed by atoms with Crippen LogP contribution in [-0.4, -0.2) is 30.8 Å². The molecule has 0 N–H and O–H groups in total. The molecule has 5 nitrogen and oxygen atoms in total. The van der Waals surface area contributed by atoms with Crippen molar-refractivity contribution in [2.24, 2.45) is 4.99 Å². The maximum Gasteiger partial charge on any atom is 0.279 e. The summed E-state index contributed by atoms with van der Waals surface area (Å²) < 4.78 is 13.9. The van der Waals surface area contributed by atoms with Crippen LogP contribution in [0.25, 0.3) is 10.2 Å². The fraction of sp³-hybridized carbons (Fsp3) is 0.263. The predicted molar refractivity (Wildman–Crippen MR) is 109 cm³/mol. The summed E-state index contributed by atoms with van der Waals surface area (Å²) >= 11 is 13.4. The van der Waals surface area contributed by atoms with Gasteiger partial charge < -0.3 is 14.0 Å². The topological polar surface area (TPSA) is 52.8 Å². The van der Waals surface area contributed by atoms with Crippen LogP contribution in [0.1, 0.15) is 17.3 Å². The van der Waals surface area contributed by atoms with E-state index >= 15 is 0 Å². The quantitative estimate of drug-likeness (QED) is 0.534. The number of ether oxygens (including phenoxy) is 2. The zero-order valence-corrected chi connectivity index (χ0v) is 17.2. The van der Waals surface area contributed by atoms with Gasteiger partial charge in [-0.1, -0.05) is 40.6 Å². The second-order valence-corrected chi connectivity index (χ2v) is 7.50. The van der Waals surface area contributed by atoms with Crippen LogP contribution in [-0.2, 0) is 11.3 Å². The largest absolute Gasteiger partial charge is 0.495 e. The van der Waals surface area contributed by atoms with Crippen molar-refractivity contribution in [3.8, 4) is 5.75 Å². The summed E-state index contributed by atoms with van der Waals surface area (Å²) in [6, 6.07) is 10.4. The molecule has 1 amide bonds. The van der Waals surface area contributed by atoms with Crippen LogP contribution < -0.4 is 9.54 Å². The number of carbonyl (C=O) groups excluding carboxylic acids is 1. The van der Waals surface area contributed by atoms with Gasteiger partial charge in [0.2, 0.25) is 0 Å². The fourth-order valence-electron chi connectivity index (χ4n) is 2.68. The van der Waals surface area contributed by atoms with Crippen LogP contribution in [0.3, 0.4) is 0 Å². The van der Waals surface area contributed by atoms with Gasteiger partial charge in [0, 0.05) is 28.8 Å². The van der Waals surface area contributed by atoms with Gasteiger partial charge in [0.25, 0.3) is 5.91 Å². The molecule has 0 aliphatic rings. The summed E-state index contributed by atoms with van der Waals surface area (Å²) in [5.41, 5.74) is 1.23. The Hall–Kier alpha value is -1.86. The van der Waals surface area contributed by atoms with Gasteiger partial charge >= 0.3 is 0 Å². The molecule has 0 aliphatic heterocycles. The molecule has 0 atom stereocenters. The van der Waals surface area contributed by atoms with E-state index in [1.54, 1.807) is 25.3 Å². The number of hydrogen-bond donors (Lipinski definition) is 0. The Morgan fingerprint density at radius 2 is 1.96 bits per heavy atom. The van der Waals surface area contributed by atoms with Gasteiger partial charge in [-0.2, -0.15) is 4.99 Å². The summed E-state index contributed by atoms with van der Waals surface area (Å²) in [6.45, 7) is 3.61. The van der Waals surface area contributed by atoms with Gasteiger partial charge in [-0.05, 0) is 37.3 Å². The summed E-state index contributed by atoms with van der Waals surface area (Å²) in [7, 11) is 1.62. The van der Waals surface area contributed by atoms with Gasteiger partial charge in [-0.25, -0.2) is 0 Å². The molecule has 8 heteroatoms. The Morgan fingerprint density at radius 3 is 2.63 bits per heavy atom. The normalized spacial score (nSPS) is 11.9. The molecule has 27 heavy (non-hydrogen) atoms. The van der Waals surface area contributed by atoms with Crippen LogP contribution in [0.15, 0.2) is 41.4 Å². The first-order chi connectivity index (χ1) is 13.0. The van der Waals surface area contributed by atoms with Gasteiger partial charge in [0.15, 0.2) is 4.80 Å². The third-order valence-electron chi connectivity index (χ3n) is 3.85. The maximum atomic E-state index is 12.7. The highest BCUT2D eigenvalue weighted by Gasteiger charge is 2.13. The monoisotopic (exact) mass is 424 g/mol. The molecule has 3 aromatic rings. The van der Waals surface area contributed by atoms with Crippen molar-refractivity contribution in [1.82, 2.24) is 4.57 Å². The molecule has 0 aliphatic carbocycles.